The molecule has 0 unspecified atom stereocenters. The minimum absolute atomic E-state index is 0.325. The van der Waals surface area contributed by atoms with Crippen LogP contribution in [0.4, 0.5) is 0 Å². The molecule has 194 valence electrons. The van der Waals surface area contributed by atoms with Gasteiger partial charge in [0.1, 0.15) is 0 Å². The molecule has 2 aliphatic rings. The molecule has 2 heterocycles. The van der Waals surface area contributed by atoms with Crippen molar-refractivity contribution < 1.29 is 4.79 Å². The molecule has 0 radical (unpaired) electrons. The molecule has 2 aliphatic heterocycles. The van der Waals surface area contributed by atoms with Gasteiger partial charge in [0, 0.05) is 38.2 Å². The molecule has 0 aromatic heterocycles. The number of Topliss-reactive ketones (excluding diaryl/α,β-unsaturated/α-hetero) is 1. The van der Waals surface area contributed by atoms with Gasteiger partial charge < -0.3 is 0 Å². The summed E-state index contributed by atoms with van der Waals surface area (Å²) in [7, 11) is 0. The van der Waals surface area contributed by atoms with Crippen LogP contribution in [0.5, 0.6) is 0 Å². The molecule has 3 aromatic rings. The van der Waals surface area contributed by atoms with Crippen molar-refractivity contribution in [1.29, 1.82) is 0 Å². The van der Waals surface area contributed by atoms with Crippen molar-refractivity contribution in [3.63, 3.8) is 0 Å². The smallest absolute Gasteiger partial charge is 0.162 e. The number of unbranched alkanes of at least 4 members (excludes halogenated alkanes) is 1. The highest BCUT2D eigenvalue weighted by atomic mass is 16.1. The monoisotopic (exact) mass is 494 g/mol. The Labute approximate surface area is 223 Å². The van der Waals surface area contributed by atoms with E-state index in [1.807, 2.05) is 0 Å². The average Bonchev–Trinajstić information content (AvgIpc) is 3.15. The van der Waals surface area contributed by atoms with Gasteiger partial charge in [-0.15, -0.1) is 0 Å². The second-order valence-electron chi connectivity index (χ2n) is 11.1. The summed E-state index contributed by atoms with van der Waals surface area (Å²) in [6.07, 6.45) is 8.85. The molecule has 5 rings (SSSR count). The number of benzene rings is 3. The van der Waals surface area contributed by atoms with Gasteiger partial charge in [-0.3, -0.25) is 14.6 Å². The van der Waals surface area contributed by atoms with Gasteiger partial charge in [-0.1, -0.05) is 85.6 Å². The SMILES string of the molecule is O=C(CCCCC1CCN(Cc2ccccc2)CC1)c1ccc2c(c1)CCN(Cc1ccccc1)CC2. The topological polar surface area (TPSA) is 23.6 Å². The zero-order valence-corrected chi connectivity index (χ0v) is 22.3. The highest BCUT2D eigenvalue weighted by molar-refractivity contribution is 5.96. The van der Waals surface area contributed by atoms with Crippen molar-refractivity contribution in [3.8, 4) is 0 Å². The Morgan fingerprint density at radius 1 is 0.676 bits per heavy atom. The number of piperidine rings is 1. The van der Waals surface area contributed by atoms with Crippen LogP contribution in [0.15, 0.2) is 78.9 Å². The number of fused-ring (bicyclic) bond motifs is 1. The summed E-state index contributed by atoms with van der Waals surface area (Å²) >= 11 is 0. The van der Waals surface area contributed by atoms with Crippen LogP contribution < -0.4 is 0 Å². The Bertz CT molecular complexity index is 1120. The van der Waals surface area contributed by atoms with Crippen molar-refractivity contribution in [1.82, 2.24) is 9.80 Å². The Balaban J connectivity index is 1.02. The third-order valence-corrected chi connectivity index (χ3v) is 8.39. The number of likely N-dealkylation sites (tertiary alicyclic amines) is 1. The van der Waals surface area contributed by atoms with Crippen LogP contribution in [0.3, 0.4) is 0 Å². The van der Waals surface area contributed by atoms with Gasteiger partial charge in [0.2, 0.25) is 0 Å². The van der Waals surface area contributed by atoms with Crippen LogP contribution in [0, 0.1) is 5.92 Å². The van der Waals surface area contributed by atoms with Crippen molar-refractivity contribution in [2.45, 2.75) is 64.5 Å². The van der Waals surface area contributed by atoms with E-state index in [0.29, 0.717) is 12.2 Å². The van der Waals surface area contributed by atoms with Crippen molar-refractivity contribution in [3.05, 3.63) is 107 Å². The highest BCUT2D eigenvalue weighted by Crippen LogP contribution is 2.25. The lowest BCUT2D eigenvalue weighted by molar-refractivity contribution is 0.0977. The summed E-state index contributed by atoms with van der Waals surface area (Å²) in [5.74, 6) is 1.15. The van der Waals surface area contributed by atoms with E-state index < -0.39 is 0 Å². The van der Waals surface area contributed by atoms with E-state index in [1.54, 1.807) is 0 Å². The largest absolute Gasteiger partial charge is 0.299 e. The van der Waals surface area contributed by atoms with E-state index in [0.717, 1.165) is 56.9 Å². The van der Waals surface area contributed by atoms with E-state index in [2.05, 4.69) is 88.7 Å². The van der Waals surface area contributed by atoms with Crippen molar-refractivity contribution >= 4 is 5.78 Å². The summed E-state index contributed by atoms with van der Waals surface area (Å²) in [6, 6.07) is 28.1. The predicted octanol–water partition coefficient (Wildman–Crippen LogP) is 6.94. The lowest BCUT2D eigenvalue weighted by Crippen LogP contribution is -2.33. The Morgan fingerprint density at radius 3 is 1.92 bits per heavy atom. The molecule has 0 atom stereocenters. The van der Waals surface area contributed by atoms with Gasteiger partial charge in [-0.05, 0) is 79.4 Å². The number of ketones is 1. The molecule has 3 heteroatoms. The average molecular weight is 495 g/mol. The van der Waals surface area contributed by atoms with Crippen LogP contribution in [-0.4, -0.2) is 41.8 Å². The van der Waals surface area contributed by atoms with Gasteiger partial charge >= 0.3 is 0 Å². The first-order valence-corrected chi connectivity index (χ1v) is 14.4. The minimum Gasteiger partial charge on any atom is -0.299 e. The van der Waals surface area contributed by atoms with Crippen LogP contribution in [0.2, 0.25) is 0 Å². The van der Waals surface area contributed by atoms with Crippen LogP contribution in [0.1, 0.15) is 71.1 Å². The summed E-state index contributed by atoms with van der Waals surface area (Å²) in [5, 5.41) is 0. The number of hydrogen-bond donors (Lipinski definition) is 0. The van der Waals surface area contributed by atoms with Gasteiger partial charge in [0.05, 0.1) is 0 Å². The van der Waals surface area contributed by atoms with E-state index in [1.165, 1.54) is 61.0 Å². The third kappa shape index (κ3) is 7.63. The van der Waals surface area contributed by atoms with Gasteiger partial charge in [0.15, 0.2) is 5.78 Å². The zero-order valence-electron chi connectivity index (χ0n) is 22.3. The Hall–Kier alpha value is -2.75. The summed E-state index contributed by atoms with van der Waals surface area (Å²) in [4.78, 5) is 18.1. The molecule has 0 amide bonds. The van der Waals surface area contributed by atoms with Gasteiger partial charge in [0.25, 0.3) is 0 Å². The first-order valence-electron chi connectivity index (χ1n) is 14.4. The number of nitrogens with zero attached hydrogens (tertiary/aromatic N) is 2. The molecule has 37 heavy (non-hydrogen) atoms. The van der Waals surface area contributed by atoms with Gasteiger partial charge in [-0.2, -0.15) is 0 Å². The predicted molar refractivity (Wildman–Crippen MR) is 153 cm³/mol. The second-order valence-corrected chi connectivity index (χ2v) is 11.1. The molecule has 1 saturated heterocycles. The van der Waals surface area contributed by atoms with E-state index >= 15 is 0 Å². The maximum Gasteiger partial charge on any atom is 0.162 e. The third-order valence-electron chi connectivity index (χ3n) is 8.39. The normalized spacial score (nSPS) is 17.3. The molecule has 0 spiro atoms. The fourth-order valence-electron chi connectivity index (χ4n) is 6.08. The van der Waals surface area contributed by atoms with E-state index in [-0.39, 0.29) is 0 Å². The van der Waals surface area contributed by atoms with E-state index in [4.69, 9.17) is 0 Å². The second kappa shape index (κ2) is 13.2. The van der Waals surface area contributed by atoms with Crippen LogP contribution in [-0.2, 0) is 25.9 Å². The van der Waals surface area contributed by atoms with Crippen molar-refractivity contribution in [2.24, 2.45) is 5.92 Å². The lowest BCUT2D eigenvalue weighted by Gasteiger charge is -2.32. The van der Waals surface area contributed by atoms with E-state index in [9.17, 15) is 4.79 Å². The first kappa shape index (κ1) is 25.9. The fraction of sp³-hybridized carbons (Fsp3) is 0.441. The zero-order chi connectivity index (χ0) is 25.3. The minimum atomic E-state index is 0.325. The summed E-state index contributed by atoms with van der Waals surface area (Å²) < 4.78 is 0. The molecule has 0 bridgehead atoms. The quantitative estimate of drug-likeness (QED) is 0.225. The fourth-order valence-corrected chi connectivity index (χ4v) is 6.08. The summed E-state index contributed by atoms with van der Waals surface area (Å²) in [5.41, 5.74) is 6.52. The standard InChI is InChI=1S/C34H42N2O/c37-34(14-8-7-9-28-17-21-35(22-18-28)26-29-10-3-1-4-11-29)33-16-15-31-19-23-36(24-20-32(31)25-33)27-30-12-5-2-6-13-30/h1-6,10-13,15-16,25,28H,7-9,14,17-24,26-27H2. The molecule has 0 aliphatic carbocycles. The van der Waals surface area contributed by atoms with Gasteiger partial charge in [-0.25, -0.2) is 0 Å². The summed E-state index contributed by atoms with van der Waals surface area (Å²) in [6.45, 7) is 6.64. The van der Waals surface area contributed by atoms with Crippen LogP contribution >= 0.6 is 0 Å². The molecule has 3 nitrogen and oxygen atoms in total. The molecule has 1 fully saturated rings. The highest BCUT2D eigenvalue weighted by Gasteiger charge is 2.20. The Morgan fingerprint density at radius 2 is 1.27 bits per heavy atom. The molecule has 0 saturated carbocycles. The maximum absolute atomic E-state index is 13.0. The molecular weight excluding hydrogens is 452 g/mol. The number of carbonyl (C=O) groups excluding carboxylic acids is 1. The van der Waals surface area contributed by atoms with Crippen molar-refractivity contribution in [2.75, 3.05) is 26.2 Å². The number of rotatable bonds is 10. The molecule has 0 N–H and O–H groups in total. The molecular formula is C34H42N2O. The maximum atomic E-state index is 13.0. The first-order chi connectivity index (χ1) is 18.2. The molecule has 3 aromatic carbocycles. The van der Waals surface area contributed by atoms with Crippen LogP contribution in [0.25, 0.3) is 0 Å². The Kier molecular flexibility index (Phi) is 9.21. The number of carbonyl (C=O) groups is 1. The lowest BCUT2D eigenvalue weighted by atomic mass is 9.90. The number of hydrogen-bond acceptors (Lipinski definition) is 3.